The van der Waals surface area contributed by atoms with Gasteiger partial charge in [-0.15, -0.1) is 0 Å². The number of methoxy groups -OCH3 is 1. The largest absolute Gasteiger partial charge is 0.467 e. The van der Waals surface area contributed by atoms with Crippen LogP contribution in [0.4, 0.5) is 0 Å². The number of ether oxygens (including phenoxy) is 6. The van der Waals surface area contributed by atoms with E-state index in [1.165, 1.54) is 7.11 Å². The van der Waals surface area contributed by atoms with E-state index in [9.17, 15) is 4.79 Å². The fourth-order valence-electron chi connectivity index (χ4n) is 3.12. The highest BCUT2D eigenvalue weighted by Gasteiger charge is 2.41. The Morgan fingerprint density at radius 3 is 2.71 bits per heavy atom. The van der Waals surface area contributed by atoms with Crippen LogP contribution in [0.3, 0.4) is 0 Å². The minimum atomic E-state index is -1.15. The van der Waals surface area contributed by atoms with Crippen LogP contribution in [0, 0.1) is 0 Å². The van der Waals surface area contributed by atoms with Crippen LogP contribution in [0.2, 0.25) is 0 Å². The Hall–Kier alpha value is -2.62. The molecule has 1 aromatic heterocycles. The summed E-state index contributed by atoms with van der Waals surface area (Å²) in [6, 6.07) is 5.36. The molecule has 0 bridgehead atoms. The molecule has 0 saturated carbocycles. The molecule has 2 aromatic rings. The van der Waals surface area contributed by atoms with Gasteiger partial charge in [-0.1, -0.05) is 17.3 Å². The molecule has 28 heavy (non-hydrogen) atoms. The van der Waals surface area contributed by atoms with Gasteiger partial charge in [0.25, 0.3) is 5.79 Å². The Bertz CT molecular complexity index is 869. The first-order valence-corrected chi connectivity index (χ1v) is 8.90. The van der Waals surface area contributed by atoms with Gasteiger partial charge in [-0.2, -0.15) is 0 Å². The molecule has 150 valence electrons. The van der Waals surface area contributed by atoms with Gasteiger partial charge in [-0.05, 0) is 12.5 Å². The number of esters is 1. The van der Waals surface area contributed by atoms with E-state index in [1.54, 1.807) is 26.0 Å². The lowest BCUT2D eigenvalue weighted by molar-refractivity contribution is -0.182. The van der Waals surface area contributed by atoms with Gasteiger partial charge < -0.3 is 32.9 Å². The first-order valence-electron chi connectivity index (χ1n) is 8.90. The summed E-state index contributed by atoms with van der Waals surface area (Å²) in [6.45, 7) is 4.35. The maximum Gasteiger partial charge on any atom is 0.351 e. The molecule has 0 N–H and O–H groups in total. The van der Waals surface area contributed by atoms with Gasteiger partial charge in [0.15, 0.2) is 18.6 Å². The minimum Gasteiger partial charge on any atom is -0.467 e. The normalized spacial score (nSPS) is 18.9. The maximum atomic E-state index is 12.6. The number of carbonyl (C=O) groups excluding carboxylic acids is 1. The number of benzene rings is 1. The topological polar surface area (TPSA) is 98.5 Å². The molecule has 3 heterocycles. The van der Waals surface area contributed by atoms with E-state index in [0.717, 1.165) is 6.42 Å². The van der Waals surface area contributed by atoms with Gasteiger partial charge >= 0.3 is 11.9 Å². The zero-order chi connectivity index (χ0) is 19.7. The van der Waals surface area contributed by atoms with Crippen LogP contribution in [-0.2, 0) is 18.9 Å². The summed E-state index contributed by atoms with van der Waals surface area (Å²) >= 11 is 0. The molecule has 9 heteroatoms. The van der Waals surface area contributed by atoms with Crippen LogP contribution in [0.1, 0.15) is 42.5 Å². The van der Waals surface area contributed by atoms with Crippen LogP contribution in [0.15, 0.2) is 22.7 Å². The molecule has 2 aliphatic rings. The van der Waals surface area contributed by atoms with Crippen molar-refractivity contribution in [3.8, 4) is 23.0 Å². The summed E-state index contributed by atoms with van der Waals surface area (Å²) in [7, 11) is 1.52. The average Bonchev–Trinajstić information content (AvgIpc) is 3.09. The second kappa shape index (κ2) is 7.42. The Kier molecular flexibility index (Phi) is 4.96. The predicted molar refractivity (Wildman–Crippen MR) is 93.8 cm³/mol. The first kappa shape index (κ1) is 18.7. The zero-order valence-corrected chi connectivity index (χ0v) is 15.9. The lowest BCUT2D eigenvalue weighted by atomic mass is 9.99. The van der Waals surface area contributed by atoms with Gasteiger partial charge in [-0.3, -0.25) is 0 Å². The second-order valence-corrected chi connectivity index (χ2v) is 6.78. The third-order valence-electron chi connectivity index (χ3n) is 4.25. The summed E-state index contributed by atoms with van der Waals surface area (Å²) in [4.78, 5) is 12.6. The number of hydrogen-bond donors (Lipinski definition) is 0. The summed E-state index contributed by atoms with van der Waals surface area (Å²) < 4.78 is 38.5. The number of nitrogens with zero attached hydrogens (tertiary/aromatic N) is 1. The standard InChI is InChI=1S/C19H21NO8/c1-19(2)26-16(21)14-15(20-28-18(14)27-19)13-11(17-23-8-5-9-24-17)6-4-7-12(13)25-10-22-3/h4,6-7,17H,5,8-10H2,1-3H3. The van der Waals surface area contributed by atoms with E-state index in [-0.39, 0.29) is 24.0 Å². The highest BCUT2D eigenvalue weighted by atomic mass is 16.8. The van der Waals surface area contributed by atoms with Crippen LogP contribution < -0.4 is 9.47 Å². The molecule has 9 nitrogen and oxygen atoms in total. The molecule has 0 unspecified atom stereocenters. The Morgan fingerprint density at radius 1 is 1.18 bits per heavy atom. The number of hydrogen-bond acceptors (Lipinski definition) is 9. The van der Waals surface area contributed by atoms with Crippen molar-refractivity contribution in [2.24, 2.45) is 0 Å². The molecule has 0 radical (unpaired) electrons. The van der Waals surface area contributed by atoms with Crippen molar-refractivity contribution in [3.05, 3.63) is 29.3 Å². The number of carbonyl (C=O) groups is 1. The SMILES string of the molecule is COCOc1cccc(C2OCCCO2)c1-c1noc2c1C(=O)OC(C)(C)O2. The van der Waals surface area contributed by atoms with Crippen molar-refractivity contribution in [2.75, 3.05) is 27.1 Å². The van der Waals surface area contributed by atoms with Crippen molar-refractivity contribution in [1.82, 2.24) is 5.16 Å². The molecule has 0 aliphatic carbocycles. The molecule has 1 aromatic carbocycles. The van der Waals surface area contributed by atoms with Gasteiger partial charge in [0.1, 0.15) is 11.4 Å². The van der Waals surface area contributed by atoms with Gasteiger partial charge in [0, 0.05) is 26.5 Å². The fraction of sp³-hybridized carbons (Fsp3) is 0.474. The molecular weight excluding hydrogens is 370 g/mol. The van der Waals surface area contributed by atoms with Gasteiger partial charge in [0.05, 0.1) is 18.8 Å². The van der Waals surface area contributed by atoms with Crippen LogP contribution in [-0.4, -0.2) is 44.0 Å². The van der Waals surface area contributed by atoms with Crippen molar-refractivity contribution in [2.45, 2.75) is 32.3 Å². The summed E-state index contributed by atoms with van der Waals surface area (Å²) in [6.07, 6.45) is 0.180. The number of rotatable bonds is 5. The predicted octanol–water partition coefficient (Wildman–Crippen LogP) is 3.05. The lowest BCUT2D eigenvalue weighted by Crippen LogP contribution is -2.38. The zero-order valence-electron chi connectivity index (χ0n) is 15.9. The van der Waals surface area contributed by atoms with E-state index in [2.05, 4.69) is 5.16 Å². The van der Waals surface area contributed by atoms with E-state index in [1.807, 2.05) is 6.07 Å². The second-order valence-electron chi connectivity index (χ2n) is 6.78. The molecule has 2 aliphatic heterocycles. The maximum absolute atomic E-state index is 12.6. The third-order valence-corrected chi connectivity index (χ3v) is 4.25. The van der Waals surface area contributed by atoms with Crippen molar-refractivity contribution < 1.29 is 37.7 Å². The van der Waals surface area contributed by atoms with Crippen LogP contribution >= 0.6 is 0 Å². The quantitative estimate of drug-likeness (QED) is 0.562. The molecule has 0 atom stereocenters. The number of aromatic nitrogens is 1. The Balaban J connectivity index is 1.84. The smallest absolute Gasteiger partial charge is 0.351 e. The van der Waals surface area contributed by atoms with Crippen LogP contribution in [0.5, 0.6) is 11.7 Å². The van der Waals surface area contributed by atoms with E-state index < -0.39 is 18.0 Å². The Morgan fingerprint density at radius 2 is 1.96 bits per heavy atom. The molecule has 1 fully saturated rings. The molecule has 4 rings (SSSR count). The lowest BCUT2D eigenvalue weighted by Gasteiger charge is -2.29. The highest BCUT2D eigenvalue weighted by molar-refractivity contribution is 6.00. The van der Waals surface area contributed by atoms with E-state index in [0.29, 0.717) is 30.1 Å². The third kappa shape index (κ3) is 3.44. The summed E-state index contributed by atoms with van der Waals surface area (Å²) in [5, 5.41) is 4.08. The van der Waals surface area contributed by atoms with Crippen molar-refractivity contribution in [1.29, 1.82) is 0 Å². The fourth-order valence-corrected chi connectivity index (χ4v) is 3.12. The van der Waals surface area contributed by atoms with Crippen LogP contribution in [0.25, 0.3) is 11.3 Å². The number of fused-ring (bicyclic) bond motifs is 1. The Labute approximate surface area is 161 Å². The first-order chi connectivity index (χ1) is 13.5. The molecular formula is C19H21NO8. The summed E-state index contributed by atoms with van der Waals surface area (Å²) in [5.74, 6) is -1.31. The van der Waals surface area contributed by atoms with Gasteiger partial charge in [0.2, 0.25) is 0 Å². The van der Waals surface area contributed by atoms with Crippen molar-refractivity contribution in [3.63, 3.8) is 0 Å². The van der Waals surface area contributed by atoms with Crippen molar-refractivity contribution >= 4 is 5.97 Å². The van der Waals surface area contributed by atoms with E-state index in [4.69, 9.17) is 32.9 Å². The number of cyclic esters (lactones) is 1. The average molecular weight is 391 g/mol. The molecule has 1 saturated heterocycles. The molecule has 0 amide bonds. The molecule has 0 spiro atoms. The minimum absolute atomic E-state index is 0.00535. The van der Waals surface area contributed by atoms with E-state index >= 15 is 0 Å². The monoisotopic (exact) mass is 391 g/mol. The summed E-state index contributed by atoms with van der Waals surface area (Å²) in [5.41, 5.74) is 1.47. The highest BCUT2D eigenvalue weighted by Crippen LogP contribution is 2.44. The van der Waals surface area contributed by atoms with Gasteiger partial charge in [-0.25, -0.2) is 4.79 Å².